The molecule has 3 rings (SSSR count). The number of rotatable bonds is 5. The topological polar surface area (TPSA) is 75.5 Å². The lowest BCUT2D eigenvalue weighted by Crippen LogP contribution is -2.41. The summed E-state index contributed by atoms with van der Waals surface area (Å²) in [5.74, 6) is -0.127. The molecule has 0 unspecified atom stereocenters. The molecule has 0 saturated carbocycles. The minimum absolute atomic E-state index is 0.0159. The Balaban J connectivity index is 1.95. The number of likely N-dealkylation sites (N-methyl/N-ethyl adjacent to an activating group) is 1. The number of fused-ring (bicyclic) bond motifs is 1. The first-order valence-electron chi connectivity index (χ1n) is 9.96. The van der Waals surface area contributed by atoms with Crippen LogP contribution in [-0.2, 0) is 11.3 Å². The first-order valence-corrected chi connectivity index (χ1v) is 10.8. The number of nitrogens with zero attached hydrogens (tertiary/aromatic N) is 4. The summed E-state index contributed by atoms with van der Waals surface area (Å²) in [7, 11) is 0. The van der Waals surface area contributed by atoms with Crippen LogP contribution >= 0.6 is 11.3 Å². The van der Waals surface area contributed by atoms with Gasteiger partial charge in [-0.3, -0.25) is 19.0 Å². The first-order chi connectivity index (χ1) is 13.4. The van der Waals surface area contributed by atoms with Crippen molar-refractivity contribution in [3.05, 3.63) is 27.1 Å². The molecule has 1 fully saturated rings. The van der Waals surface area contributed by atoms with Gasteiger partial charge in [0.2, 0.25) is 5.91 Å². The second-order valence-electron chi connectivity index (χ2n) is 7.32. The molecule has 0 bridgehead atoms. The maximum atomic E-state index is 13.1. The molecule has 7 nitrogen and oxygen atoms in total. The van der Waals surface area contributed by atoms with Gasteiger partial charge in [0, 0.05) is 25.7 Å². The van der Waals surface area contributed by atoms with Gasteiger partial charge in [-0.2, -0.15) is 0 Å². The summed E-state index contributed by atoms with van der Waals surface area (Å²) in [6.07, 6.45) is 4.58. The van der Waals surface area contributed by atoms with Crippen LogP contribution in [0.1, 0.15) is 55.3 Å². The van der Waals surface area contributed by atoms with Crippen LogP contribution in [0.5, 0.6) is 0 Å². The highest BCUT2D eigenvalue weighted by molar-refractivity contribution is 7.20. The Labute approximate surface area is 169 Å². The fourth-order valence-corrected chi connectivity index (χ4v) is 4.92. The number of amides is 2. The van der Waals surface area contributed by atoms with Crippen LogP contribution in [0.2, 0.25) is 0 Å². The molecule has 3 heterocycles. The van der Waals surface area contributed by atoms with E-state index in [1.54, 1.807) is 11.8 Å². The van der Waals surface area contributed by atoms with Crippen LogP contribution in [0.3, 0.4) is 0 Å². The second kappa shape index (κ2) is 8.43. The monoisotopic (exact) mass is 404 g/mol. The highest BCUT2D eigenvalue weighted by atomic mass is 32.1. The molecule has 1 saturated heterocycles. The van der Waals surface area contributed by atoms with Crippen LogP contribution in [0, 0.1) is 6.92 Å². The van der Waals surface area contributed by atoms with Gasteiger partial charge in [-0.15, -0.1) is 11.3 Å². The van der Waals surface area contributed by atoms with Crippen LogP contribution < -0.4 is 5.56 Å². The molecule has 28 heavy (non-hydrogen) atoms. The minimum Gasteiger partial charge on any atom is -0.342 e. The van der Waals surface area contributed by atoms with E-state index in [1.165, 1.54) is 22.2 Å². The van der Waals surface area contributed by atoms with E-state index >= 15 is 0 Å². The smallest absolute Gasteiger partial charge is 0.264 e. The third kappa shape index (κ3) is 3.70. The van der Waals surface area contributed by atoms with Gasteiger partial charge >= 0.3 is 0 Å². The third-order valence-corrected chi connectivity index (χ3v) is 6.78. The molecule has 2 aromatic heterocycles. The highest BCUT2D eigenvalue weighted by Gasteiger charge is 2.28. The molecule has 1 aliphatic heterocycles. The van der Waals surface area contributed by atoms with Gasteiger partial charge in [0.25, 0.3) is 11.5 Å². The van der Waals surface area contributed by atoms with Crippen molar-refractivity contribution in [3.63, 3.8) is 0 Å². The normalized spacial score (nSPS) is 17.1. The van der Waals surface area contributed by atoms with Gasteiger partial charge < -0.3 is 9.80 Å². The number of likely N-dealkylation sites (tertiary alicyclic amines) is 1. The van der Waals surface area contributed by atoms with Crippen molar-refractivity contribution in [2.45, 2.75) is 59.5 Å². The van der Waals surface area contributed by atoms with Gasteiger partial charge in [-0.05, 0) is 52.5 Å². The summed E-state index contributed by atoms with van der Waals surface area (Å²) in [6, 6.07) is 0.210. The van der Waals surface area contributed by atoms with E-state index in [0.29, 0.717) is 33.7 Å². The number of aromatic nitrogens is 2. The Morgan fingerprint density at radius 2 is 2.00 bits per heavy atom. The summed E-state index contributed by atoms with van der Waals surface area (Å²) in [4.78, 5) is 47.6. The molecular weight excluding hydrogens is 376 g/mol. The SMILES string of the molecule is CCN(CC)C(=O)Cn1cnc2sc(C(=O)N3CCCC[C@@H]3C)c(C)c2c1=O. The lowest BCUT2D eigenvalue weighted by Gasteiger charge is -2.33. The van der Waals surface area contributed by atoms with Gasteiger partial charge in [-0.25, -0.2) is 4.98 Å². The van der Waals surface area contributed by atoms with Crippen molar-refractivity contribution in [3.8, 4) is 0 Å². The van der Waals surface area contributed by atoms with E-state index in [-0.39, 0.29) is 30.0 Å². The molecule has 8 heteroatoms. The van der Waals surface area contributed by atoms with E-state index in [1.807, 2.05) is 18.7 Å². The van der Waals surface area contributed by atoms with E-state index in [0.717, 1.165) is 25.8 Å². The zero-order valence-corrected chi connectivity index (χ0v) is 17.8. The fourth-order valence-electron chi connectivity index (χ4n) is 3.83. The molecule has 1 aliphatic rings. The molecule has 0 aliphatic carbocycles. The second-order valence-corrected chi connectivity index (χ2v) is 8.32. The maximum Gasteiger partial charge on any atom is 0.264 e. The lowest BCUT2D eigenvalue weighted by atomic mass is 10.0. The molecule has 2 amide bonds. The van der Waals surface area contributed by atoms with E-state index in [2.05, 4.69) is 11.9 Å². The highest BCUT2D eigenvalue weighted by Crippen LogP contribution is 2.30. The molecule has 0 spiro atoms. The molecular formula is C20H28N4O3S. The Kier molecular flexibility index (Phi) is 6.17. The van der Waals surface area contributed by atoms with Crippen molar-refractivity contribution < 1.29 is 9.59 Å². The molecule has 1 atom stereocenters. The number of carbonyl (C=O) groups excluding carboxylic acids is 2. The van der Waals surface area contributed by atoms with Crippen molar-refractivity contribution in [1.82, 2.24) is 19.4 Å². The number of carbonyl (C=O) groups is 2. The predicted molar refractivity (Wildman–Crippen MR) is 111 cm³/mol. The predicted octanol–water partition coefficient (Wildman–Crippen LogP) is 2.65. The van der Waals surface area contributed by atoms with Crippen molar-refractivity contribution in [1.29, 1.82) is 0 Å². The van der Waals surface area contributed by atoms with E-state index in [4.69, 9.17) is 0 Å². The van der Waals surface area contributed by atoms with Gasteiger partial charge in [0.1, 0.15) is 11.4 Å². The standard InChI is InChI=1S/C20H28N4O3S/c1-5-22(6-2)15(25)11-23-12-21-18-16(19(23)26)14(4)17(28-18)20(27)24-10-8-7-9-13(24)3/h12-13H,5-11H2,1-4H3/t13-/m0/s1. The average Bonchev–Trinajstić information content (AvgIpc) is 3.02. The molecule has 0 N–H and O–H groups in total. The summed E-state index contributed by atoms with van der Waals surface area (Å²) < 4.78 is 1.35. The van der Waals surface area contributed by atoms with Crippen LogP contribution in [0.15, 0.2) is 11.1 Å². The quantitative estimate of drug-likeness (QED) is 0.768. The largest absolute Gasteiger partial charge is 0.342 e. The Hall–Kier alpha value is -2.22. The van der Waals surface area contributed by atoms with E-state index < -0.39 is 0 Å². The van der Waals surface area contributed by atoms with Gasteiger partial charge in [-0.1, -0.05) is 0 Å². The van der Waals surface area contributed by atoms with Crippen molar-refractivity contribution in [2.75, 3.05) is 19.6 Å². The Bertz CT molecular complexity index is 945. The number of piperidine rings is 1. The summed E-state index contributed by atoms with van der Waals surface area (Å²) in [5, 5.41) is 0.452. The Morgan fingerprint density at radius 1 is 1.29 bits per heavy atom. The molecule has 0 aromatic carbocycles. The molecule has 2 aromatic rings. The summed E-state index contributed by atoms with van der Waals surface area (Å²) in [6.45, 7) is 9.62. The average molecular weight is 405 g/mol. The number of hydrogen-bond donors (Lipinski definition) is 0. The minimum atomic E-state index is -0.259. The van der Waals surface area contributed by atoms with Crippen molar-refractivity contribution in [2.24, 2.45) is 0 Å². The number of hydrogen-bond acceptors (Lipinski definition) is 5. The van der Waals surface area contributed by atoms with Crippen LogP contribution in [-0.4, -0.2) is 56.8 Å². The zero-order valence-electron chi connectivity index (χ0n) is 17.0. The van der Waals surface area contributed by atoms with Gasteiger partial charge in [0.15, 0.2) is 0 Å². The van der Waals surface area contributed by atoms with Crippen LogP contribution in [0.4, 0.5) is 0 Å². The van der Waals surface area contributed by atoms with Crippen molar-refractivity contribution >= 4 is 33.4 Å². The summed E-state index contributed by atoms with van der Waals surface area (Å²) >= 11 is 1.27. The lowest BCUT2D eigenvalue weighted by molar-refractivity contribution is -0.131. The van der Waals surface area contributed by atoms with E-state index in [9.17, 15) is 14.4 Å². The first kappa shape index (κ1) is 20.5. The fraction of sp³-hybridized carbons (Fsp3) is 0.600. The van der Waals surface area contributed by atoms with Crippen LogP contribution in [0.25, 0.3) is 10.2 Å². The number of thiophene rings is 1. The third-order valence-electron chi connectivity index (χ3n) is 5.60. The molecule has 152 valence electrons. The molecule has 0 radical (unpaired) electrons. The Morgan fingerprint density at radius 3 is 2.64 bits per heavy atom. The van der Waals surface area contributed by atoms with Gasteiger partial charge in [0.05, 0.1) is 16.6 Å². The number of aryl methyl sites for hydroxylation is 1. The maximum absolute atomic E-state index is 13.1. The zero-order chi connectivity index (χ0) is 20.4. The summed E-state index contributed by atoms with van der Waals surface area (Å²) in [5.41, 5.74) is 0.412.